The van der Waals surface area contributed by atoms with Gasteiger partial charge in [-0.15, -0.1) is 0 Å². The van der Waals surface area contributed by atoms with Crippen LogP contribution in [0.5, 0.6) is 0 Å². The average Bonchev–Trinajstić information content (AvgIpc) is 3.06. The van der Waals surface area contributed by atoms with Gasteiger partial charge in [-0.25, -0.2) is 0 Å². The number of aliphatic carboxylic acids is 1. The van der Waals surface area contributed by atoms with E-state index in [-0.39, 0.29) is 11.7 Å². The summed E-state index contributed by atoms with van der Waals surface area (Å²) in [5.74, 6) is -4.22. The van der Waals surface area contributed by atoms with Crippen LogP contribution in [0.4, 0.5) is 13.2 Å². The first-order chi connectivity index (χ1) is 22.4. The second-order valence-electron chi connectivity index (χ2n) is 10.4. The first-order valence-corrected chi connectivity index (χ1v) is 14.4. The van der Waals surface area contributed by atoms with Crippen molar-refractivity contribution < 1.29 is 42.8 Å². The van der Waals surface area contributed by atoms with Crippen molar-refractivity contribution in [2.75, 3.05) is 7.11 Å². The zero-order valence-electron chi connectivity index (χ0n) is 25.4. The fraction of sp³-hybridized carbons (Fsp3) is 0.167. The van der Waals surface area contributed by atoms with Gasteiger partial charge in [0.1, 0.15) is 5.97 Å². The highest BCUT2D eigenvalue weighted by molar-refractivity contribution is 5.95. The van der Waals surface area contributed by atoms with Crippen LogP contribution in [0.25, 0.3) is 6.08 Å². The van der Waals surface area contributed by atoms with Crippen LogP contribution >= 0.6 is 0 Å². The average molecular weight is 646 g/mol. The number of hydrogen-bond acceptors (Lipinski definition) is 5. The molecule has 0 bridgehead atoms. The Morgan fingerprint density at radius 2 is 1.40 bits per heavy atom. The summed E-state index contributed by atoms with van der Waals surface area (Å²) in [5.41, 5.74) is 11.1. The highest BCUT2D eigenvalue weighted by Gasteiger charge is 2.30. The third-order valence-corrected chi connectivity index (χ3v) is 6.95. The number of nitrogens with two attached hydrogens (primary N) is 2. The van der Waals surface area contributed by atoms with E-state index in [2.05, 4.69) is 17.4 Å². The number of carbonyl (C=O) groups excluding carboxylic acids is 3. The smallest absolute Gasteiger partial charge is 0.430 e. The number of rotatable bonds is 11. The van der Waals surface area contributed by atoms with E-state index in [1.165, 1.54) is 12.7 Å². The molecule has 4 aromatic carbocycles. The molecule has 4 aromatic rings. The molecule has 244 valence electrons. The summed E-state index contributed by atoms with van der Waals surface area (Å²) in [7, 11) is 1.35. The van der Waals surface area contributed by atoms with Crippen molar-refractivity contribution >= 4 is 29.8 Å². The maximum atomic E-state index is 13.4. The molecule has 0 spiro atoms. The predicted octanol–water partition coefficient (Wildman–Crippen LogP) is 2.88. The van der Waals surface area contributed by atoms with Crippen molar-refractivity contribution in [3.8, 4) is 0 Å². The molecule has 2 atom stereocenters. The van der Waals surface area contributed by atoms with Crippen LogP contribution in [0, 0.1) is 5.92 Å². The Morgan fingerprint density at radius 3 is 1.96 bits per heavy atom. The number of esters is 1. The van der Waals surface area contributed by atoms with Gasteiger partial charge in [0.15, 0.2) is 0 Å². The minimum atomic E-state index is -5.19. The lowest BCUT2D eigenvalue weighted by Crippen LogP contribution is -2.46. The van der Waals surface area contributed by atoms with Crippen molar-refractivity contribution in [1.29, 1.82) is 0 Å². The van der Waals surface area contributed by atoms with Crippen molar-refractivity contribution in [2.24, 2.45) is 11.7 Å². The van der Waals surface area contributed by atoms with E-state index in [1.54, 1.807) is 0 Å². The van der Waals surface area contributed by atoms with Gasteiger partial charge in [-0.05, 0) is 59.4 Å². The van der Waals surface area contributed by atoms with E-state index in [4.69, 9.17) is 25.8 Å². The monoisotopic (exact) mass is 645 g/mol. The minimum absolute atomic E-state index is 0.195. The third-order valence-electron chi connectivity index (χ3n) is 6.95. The number of hydrogen-bond donors (Lipinski definition) is 3. The summed E-state index contributed by atoms with van der Waals surface area (Å²) in [6, 6.07) is 34.1. The minimum Gasteiger partial charge on any atom is -0.542 e. The summed E-state index contributed by atoms with van der Waals surface area (Å²) in [6.45, 7) is 0. The molecule has 5 N–H and O–H groups in total. The highest BCUT2D eigenvalue weighted by Crippen LogP contribution is 2.19. The van der Waals surface area contributed by atoms with E-state index in [0.29, 0.717) is 17.5 Å². The number of methoxy groups -OCH3 is 1. The number of carbonyl (C=O) groups is 3. The zero-order valence-corrected chi connectivity index (χ0v) is 25.4. The van der Waals surface area contributed by atoms with Gasteiger partial charge in [0.2, 0.25) is 0 Å². The highest BCUT2D eigenvalue weighted by atomic mass is 19.4. The van der Waals surface area contributed by atoms with Gasteiger partial charge < -0.3 is 20.0 Å². The normalized spacial score (nSPS) is 12.3. The molecule has 0 radical (unpaired) electrons. The molecule has 0 aromatic heterocycles. The Bertz CT molecular complexity index is 1680. The number of halogens is 3. The second-order valence-corrected chi connectivity index (χ2v) is 10.4. The molecule has 11 heteroatoms. The molecule has 0 aliphatic rings. The molecule has 4 rings (SSSR count). The number of benzene rings is 4. The Labute approximate surface area is 270 Å². The molecule has 0 saturated heterocycles. The Hall–Kier alpha value is -5.71. The molecule has 0 fully saturated rings. The fourth-order valence-electron chi connectivity index (χ4n) is 4.54. The number of nitrogens with one attached hydrogen (secondary N) is 1. The lowest BCUT2D eigenvalue weighted by atomic mass is 9.90. The van der Waals surface area contributed by atoms with Crippen molar-refractivity contribution in [3.05, 3.63) is 149 Å². The van der Waals surface area contributed by atoms with E-state index in [0.717, 1.165) is 23.1 Å². The van der Waals surface area contributed by atoms with Gasteiger partial charge >= 0.3 is 12.1 Å². The molecule has 0 unspecified atom stereocenters. The molecular weight excluding hydrogens is 611 g/mol. The maximum absolute atomic E-state index is 13.4. The van der Waals surface area contributed by atoms with Gasteiger partial charge in [-0.2, -0.15) is 13.2 Å². The van der Waals surface area contributed by atoms with Gasteiger partial charge in [0.05, 0.1) is 24.6 Å². The number of ether oxygens (including phenoxy) is 1. The predicted molar refractivity (Wildman–Crippen MR) is 169 cm³/mol. The van der Waals surface area contributed by atoms with Gasteiger partial charge in [-0.3, -0.25) is 20.7 Å². The van der Waals surface area contributed by atoms with E-state index >= 15 is 0 Å². The Morgan fingerprint density at radius 1 is 0.851 bits per heavy atom. The maximum Gasteiger partial charge on any atom is 0.430 e. The van der Waals surface area contributed by atoms with Crippen LogP contribution in [-0.4, -0.2) is 43.0 Å². The molecule has 1 amide bonds. The number of amidine groups is 1. The van der Waals surface area contributed by atoms with Gasteiger partial charge in [0.25, 0.3) is 11.7 Å². The van der Waals surface area contributed by atoms with E-state index in [1.807, 2.05) is 109 Å². The molecular formula is C36H34F3N3O5. The topological polar surface area (TPSA) is 147 Å². The SMILES string of the molecule is COC(=O)[C@H](Cc1cccc(C(N)=[NH2+])c1)[C@@H](/C=C/c1ccccc1)NC(=O)c1ccc(Cc2ccccc2)cc1.O=C([O-])C(F)(F)F. The number of amides is 1. The molecule has 0 saturated carbocycles. The van der Waals surface area contributed by atoms with Crippen molar-refractivity contribution in [2.45, 2.75) is 25.1 Å². The second kappa shape index (κ2) is 17.1. The molecule has 0 aliphatic heterocycles. The van der Waals surface area contributed by atoms with Crippen LogP contribution in [0.2, 0.25) is 0 Å². The van der Waals surface area contributed by atoms with Crippen LogP contribution in [0.15, 0.2) is 115 Å². The summed E-state index contributed by atoms with van der Waals surface area (Å²) in [4.78, 5) is 35.3. The van der Waals surface area contributed by atoms with Gasteiger partial charge in [-0.1, -0.05) is 97.1 Å². The van der Waals surface area contributed by atoms with Crippen molar-refractivity contribution in [1.82, 2.24) is 5.32 Å². The number of carboxylic acid groups (broad SMARTS) is 1. The lowest BCUT2D eigenvalue weighted by Gasteiger charge is -2.24. The van der Waals surface area contributed by atoms with E-state index in [9.17, 15) is 22.8 Å². The lowest BCUT2D eigenvalue weighted by molar-refractivity contribution is -0.344. The van der Waals surface area contributed by atoms with Crippen LogP contribution in [0.1, 0.15) is 38.2 Å². The van der Waals surface area contributed by atoms with Crippen LogP contribution in [0.3, 0.4) is 0 Å². The molecule has 8 nitrogen and oxygen atoms in total. The molecule has 47 heavy (non-hydrogen) atoms. The summed E-state index contributed by atoms with van der Waals surface area (Å²) >= 11 is 0. The zero-order chi connectivity index (χ0) is 34.4. The van der Waals surface area contributed by atoms with Crippen LogP contribution in [-0.2, 0) is 27.2 Å². The Kier molecular flexibility index (Phi) is 13.0. The summed E-state index contributed by atoms with van der Waals surface area (Å²) in [6.07, 6.45) is -0.370. The first kappa shape index (κ1) is 35.8. The summed E-state index contributed by atoms with van der Waals surface area (Å²) in [5, 5.41) is 17.6. The standard InChI is InChI=1S/C34H33N3O3.C2HF3O2/c1-40-34(39)30(23-27-13-8-14-29(22-27)32(35)36)31(20-17-24-9-4-2-5-10-24)37-33(38)28-18-15-26(16-19-28)21-25-11-6-3-7-12-25;3-2(4,5)1(6)7/h2-20,22,30-31H,21,23H2,1H3,(H3,35,36)(H,37,38);(H,6,7)/b20-17+;/t30-,31-;/m1./s1. The van der Waals surface area contributed by atoms with Gasteiger partial charge in [0, 0.05) is 5.56 Å². The number of alkyl halides is 3. The Balaban J connectivity index is 0.000000771. The molecule has 0 aliphatic carbocycles. The van der Waals surface area contributed by atoms with Crippen LogP contribution < -0.4 is 21.6 Å². The summed E-state index contributed by atoms with van der Waals surface area (Å²) < 4.78 is 36.7. The quantitative estimate of drug-likeness (QED) is 0.130. The van der Waals surface area contributed by atoms with Crippen molar-refractivity contribution in [3.63, 3.8) is 0 Å². The fourth-order valence-corrected chi connectivity index (χ4v) is 4.54. The largest absolute Gasteiger partial charge is 0.542 e. The van der Waals surface area contributed by atoms with E-state index < -0.39 is 30.1 Å². The molecule has 0 heterocycles. The number of carboxylic acids is 1. The third kappa shape index (κ3) is 11.6. The first-order valence-electron chi connectivity index (χ1n) is 14.4.